The molecule has 0 N–H and O–H groups in total. The first-order chi connectivity index (χ1) is 13.6. The molecule has 0 radical (unpaired) electrons. The average Bonchev–Trinajstić information content (AvgIpc) is 2.99. The van der Waals surface area contributed by atoms with Gasteiger partial charge >= 0.3 is 0 Å². The highest BCUT2D eigenvalue weighted by atomic mass is 16.5. The Balaban J connectivity index is 1.57. The van der Waals surface area contributed by atoms with Gasteiger partial charge in [0, 0.05) is 11.6 Å². The summed E-state index contributed by atoms with van der Waals surface area (Å²) in [6.45, 7) is 1.67. The van der Waals surface area contributed by atoms with Crippen molar-refractivity contribution < 1.29 is 19.1 Å². The standard InChI is InChI=1S/C23H17NO4/c1-15(21(25)16-8-3-2-4-9-16)28-18-11-7-10-17(14-18)24-22(26)19-12-5-6-13-20(19)23(24)27/h2-15H,1H3. The Hall–Kier alpha value is -3.73. The molecule has 1 aliphatic rings. The molecule has 0 aliphatic carbocycles. The van der Waals surface area contributed by atoms with Crippen molar-refractivity contribution >= 4 is 23.3 Å². The maximum atomic E-state index is 12.6. The summed E-state index contributed by atoms with van der Waals surface area (Å²) in [6, 6.07) is 22.3. The topological polar surface area (TPSA) is 63.7 Å². The van der Waals surface area contributed by atoms with Crippen LogP contribution >= 0.6 is 0 Å². The predicted molar refractivity (Wildman–Crippen MR) is 105 cm³/mol. The van der Waals surface area contributed by atoms with Crippen molar-refractivity contribution in [3.63, 3.8) is 0 Å². The minimum atomic E-state index is -0.708. The normalized spacial score (nSPS) is 14.0. The van der Waals surface area contributed by atoms with E-state index in [1.165, 1.54) is 0 Å². The van der Waals surface area contributed by atoms with Crippen LogP contribution in [0.3, 0.4) is 0 Å². The van der Waals surface area contributed by atoms with E-state index < -0.39 is 6.10 Å². The third-order valence-corrected chi connectivity index (χ3v) is 4.61. The summed E-state index contributed by atoms with van der Waals surface area (Å²) in [6.07, 6.45) is -0.708. The number of Topliss-reactive ketones (excluding diaryl/α,β-unsaturated/α-hetero) is 1. The summed E-state index contributed by atoms with van der Waals surface area (Å²) in [7, 11) is 0. The van der Waals surface area contributed by atoms with Crippen molar-refractivity contribution in [2.24, 2.45) is 0 Å². The van der Waals surface area contributed by atoms with Gasteiger partial charge in [-0.3, -0.25) is 14.4 Å². The molecule has 5 nitrogen and oxygen atoms in total. The minimum Gasteiger partial charge on any atom is -0.482 e. The van der Waals surface area contributed by atoms with E-state index in [1.54, 1.807) is 79.7 Å². The van der Waals surface area contributed by atoms with Gasteiger partial charge in [0.2, 0.25) is 5.78 Å². The lowest BCUT2D eigenvalue weighted by Gasteiger charge is -2.17. The first kappa shape index (κ1) is 17.7. The van der Waals surface area contributed by atoms with E-state index >= 15 is 0 Å². The van der Waals surface area contributed by atoms with Gasteiger partial charge in [-0.05, 0) is 31.2 Å². The zero-order valence-corrected chi connectivity index (χ0v) is 15.2. The molecular weight excluding hydrogens is 354 g/mol. The first-order valence-electron chi connectivity index (χ1n) is 8.90. The molecule has 0 saturated carbocycles. The number of carbonyl (C=O) groups is 3. The summed E-state index contributed by atoms with van der Waals surface area (Å²) in [5.41, 5.74) is 1.73. The molecule has 0 bridgehead atoms. The van der Waals surface area contributed by atoms with Gasteiger partial charge in [0.1, 0.15) is 5.75 Å². The highest BCUT2D eigenvalue weighted by Crippen LogP contribution is 2.30. The fourth-order valence-electron chi connectivity index (χ4n) is 3.21. The molecule has 0 spiro atoms. The second kappa shape index (κ2) is 7.12. The van der Waals surface area contributed by atoms with Gasteiger partial charge in [-0.15, -0.1) is 0 Å². The number of ether oxygens (including phenoxy) is 1. The van der Waals surface area contributed by atoms with Crippen molar-refractivity contribution in [1.82, 2.24) is 0 Å². The molecule has 138 valence electrons. The van der Waals surface area contributed by atoms with Crippen LogP contribution in [0.15, 0.2) is 78.9 Å². The van der Waals surface area contributed by atoms with Gasteiger partial charge in [0.15, 0.2) is 6.10 Å². The number of nitrogens with zero attached hydrogens (tertiary/aromatic N) is 1. The van der Waals surface area contributed by atoms with E-state index in [-0.39, 0.29) is 17.6 Å². The Morgan fingerprint density at radius 2 is 1.43 bits per heavy atom. The van der Waals surface area contributed by atoms with Gasteiger partial charge in [-0.2, -0.15) is 0 Å². The summed E-state index contributed by atoms with van der Waals surface area (Å²) >= 11 is 0. The van der Waals surface area contributed by atoms with Crippen LogP contribution in [0.2, 0.25) is 0 Å². The number of rotatable bonds is 5. The van der Waals surface area contributed by atoms with Crippen LogP contribution in [0, 0.1) is 0 Å². The summed E-state index contributed by atoms with van der Waals surface area (Å²) in [4.78, 5) is 38.9. The number of amides is 2. The largest absolute Gasteiger partial charge is 0.482 e. The number of hydrogen-bond acceptors (Lipinski definition) is 4. The van der Waals surface area contributed by atoms with E-state index in [1.807, 2.05) is 6.07 Å². The van der Waals surface area contributed by atoms with Crippen molar-refractivity contribution in [3.8, 4) is 5.75 Å². The van der Waals surface area contributed by atoms with E-state index in [0.717, 1.165) is 4.90 Å². The van der Waals surface area contributed by atoms with E-state index in [2.05, 4.69) is 0 Å². The molecule has 5 heteroatoms. The third-order valence-electron chi connectivity index (χ3n) is 4.61. The molecule has 4 rings (SSSR count). The summed E-state index contributed by atoms with van der Waals surface area (Å²) in [5.74, 6) is -0.477. The second-order valence-electron chi connectivity index (χ2n) is 6.48. The highest BCUT2D eigenvalue weighted by Gasteiger charge is 2.36. The maximum Gasteiger partial charge on any atom is 0.266 e. The SMILES string of the molecule is CC(Oc1cccc(N2C(=O)c3ccccc3C2=O)c1)C(=O)c1ccccc1. The Morgan fingerprint density at radius 3 is 2.07 bits per heavy atom. The van der Waals surface area contributed by atoms with E-state index in [4.69, 9.17) is 4.74 Å². The van der Waals surface area contributed by atoms with Crippen LogP contribution in [0.1, 0.15) is 38.0 Å². The zero-order valence-electron chi connectivity index (χ0n) is 15.2. The Bertz CT molecular complexity index is 1040. The van der Waals surface area contributed by atoms with Crippen molar-refractivity contribution in [2.45, 2.75) is 13.0 Å². The van der Waals surface area contributed by atoms with E-state index in [0.29, 0.717) is 28.1 Å². The number of imide groups is 1. The monoisotopic (exact) mass is 371 g/mol. The first-order valence-corrected chi connectivity index (χ1v) is 8.90. The average molecular weight is 371 g/mol. The number of hydrogen-bond donors (Lipinski definition) is 0. The Morgan fingerprint density at radius 1 is 0.821 bits per heavy atom. The molecule has 1 aliphatic heterocycles. The Labute approximate surface area is 162 Å². The molecule has 28 heavy (non-hydrogen) atoms. The summed E-state index contributed by atoms with van der Waals surface area (Å²) in [5, 5.41) is 0. The van der Waals surface area contributed by atoms with Gasteiger partial charge in [-0.1, -0.05) is 48.5 Å². The lowest BCUT2D eigenvalue weighted by atomic mass is 10.1. The van der Waals surface area contributed by atoms with Gasteiger partial charge < -0.3 is 4.74 Å². The molecule has 0 saturated heterocycles. The van der Waals surface area contributed by atoms with Crippen LogP contribution in [0.25, 0.3) is 0 Å². The van der Waals surface area contributed by atoms with Gasteiger partial charge in [-0.25, -0.2) is 4.90 Å². The number of ketones is 1. The van der Waals surface area contributed by atoms with Gasteiger partial charge in [0.25, 0.3) is 11.8 Å². The number of carbonyl (C=O) groups excluding carboxylic acids is 3. The van der Waals surface area contributed by atoms with Crippen molar-refractivity contribution in [2.75, 3.05) is 4.90 Å². The molecule has 2 amide bonds. The molecule has 0 aromatic heterocycles. The van der Waals surface area contributed by atoms with Crippen molar-refractivity contribution in [1.29, 1.82) is 0 Å². The maximum absolute atomic E-state index is 12.6. The number of anilines is 1. The molecule has 1 unspecified atom stereocenters. The third kappa shape index (κ3) is 3.07. The molecule has 3 aromatic rings. The van der Waals surface area contributed by atoms with Crippen molar-refractivity contribution in [3.05, 3.63) is 95.6 Å². The lowest BCUT2D eigenvalue weighted by Crippen LogP contribution is -2.29. The van der Waals surface area contributed by atoms with Crippen LogP contribution in [0.4, 0.5) is 5.69 Å². The van der Waals surface area contributed by atoms with Crippen LogP contribution in [0.5, 0.6) is 5.75 Å². The van der Waals surface area contributed by atoms with Crippen LogP contribution in [-0.4, -0.2) is 23.7 Å². The summed E-state index contributed by atoms with van der Waals surface area (Å²) < 4.78 is 5.78. The fraction of sp³-hybridized carbons (Fsp3) is 0.0870. The predicted octanol–water partition coefficient (Wildman–Crippen LogP) is 4.14. The zero-order chi connectivity index (χ0) is 19.7. The quantitative estimate of drug-likeness (QED) is 0.500. The molecule has 3 aromatic carbocycles. The molecule has 1 heterocycles. The second-order valence-corrected chi connectivity index (χ2v) is 6.48. The molecule has 0 fully saturated rings. The van der Waals surface area contributed by atoms with E-state index in [9.17, 15) is 14.4 Å². The van der Waals surface area contributed by atoms with Crippen LogP contribution < -0.4 is 9.64 Å². The smallest absolute Gasteiger partial charge is 0.266 e. The lowest BCUT2D eigenvalue weighted by molar-refractivity contribution is 0.0816. The van der Waals surface area contributed by atoms with Gasteiger partial charge in [0.05, 0.1) is 16.8 Å². The number of fused-ring (bicyclic) bond motifs is 1. The molecule has 1 atom stereocenters. The molecular formula is C23H17NO4. The highest BCUT2D eigenvalue weighted by molar-refractivity contribution is 6.34. The minimum absolute atomic E-state index is 0.147. The number of benzene rings is 3. The van der Waals surface area contributed by atoms with Crippen LogP contribution in [-0.2, 0) is 0 Å². The Kier molecular flexibility index (Phi) is 4.49. The fourth-order valence-corrected chi connectivity index (χ4v) is 3.21.